The third-order valence-corrected chi connectivity index (χ3v) is 3.10. The van der Waals surface area contributed by atoms with Crippen LogP contribution in [0.1, 0.15) is 21.9 Å². The van der Waals surface area contributed by atoms with Crippen molar-refractivity contribution in [3.05, 3.63) is 57.5 Å². The van der Waals surface area contributed by atoms with Crippen LogP contribution >= 0.6 is 15.9 Å². The second-order valence-corrected chi connectivity index (χ2v) is 4.69. The molecule has 0 atom stereocenters. The number of carbonyl (C=O) groups excluding carboxylic acids is 1. The minimum absolute atomic E-state index is 0.103. The number of aryl methyl sites for hydroxylation is 1. The van der Waals surface area contributed by atoms with Gasteiger partial charge in [0.2, 0.25) is 5.78 Å². The smallest absolute Gasteiger partial charge is 0.202 e. The monoisotopic (exact) mass is 314 g/mol. The van der Waals surface area contributed by atoms with Crippen LogP contribution in [0.15, 0.2) is 33.2 Å². The van der Waals surface area contributed by atoms with Crippen molar-refractivity contribution >= 4 is 21.7 Å². The van der Waals surface area contributed by atoms with E-state index >= 15 is 0 Å². The number of Topliss-reactive ketones (excluding diaryl/α,β-unsaturated/α-hetero) is 1. The van der Waals surface area contributed by atoms with Crippen LogP contribution in [0.4, 0.5) is 8.78 Å². The third-order valence-electron chi connectivity index (χ3n) is 2.49. The predicted molar refractivity (Wildman–Crippen MR) is 65.5 cm³/mol. The standard InChI is InChI=1S/C13H9BrF2O2/c1-7-2-5-12(18-7)11(17)6-8-10(15)4-3-9(14)13(8)16/h2-5H,6H2,1H3. The molecular formula is C13H9BrF2O2. The van der Waals surface area contributed by atoms with Crippen LogP contribution in [0, 0.1) is 18.6 Å². The number of ketones is 1. The van der Waals surface area contributed by atoms with E-state index in [0.717, 1.165) is 6.07 Å². The Bertz CT molecular complexity index is 605. The first-order chi connectivity index (χ1) is 8.49. The van der Waals surface area contributed by atoms with Gasteiger partial charge in [0.15, 0.2) is 5.76 Å². The molecule has 5 heteroatoms. The summed E-state index contributed by atoms with van der Waals surface area (Å²) in [6.45, 7) is 1.69. The zero-order valence-electron chi connectivity index (χ0n) is 9.47. The molecule has 0 unspecified atom stereocenters. The molecule has 2 rings (SSSR count). The molecule has 0 spiro atoms. The third kappa shape index (κ3) is 2.51. The first kappa shape index (κ1) is 13.0. The molecule has 0 saturated heterocycles. The van der Waals surface area contributed by atoms with Crippen LogP contribution in [-0.4, -0.2) is 5.78 Å². The first-order valence-electron chi connectivity index (χ1n) is 5.21. The average Bonchev–Trinajstić information content (AvgIpc) is 2.76. The van der Waals surface area contributed by atoms with Gasteiger partial charge in [-0.3, -0.25) is 4.79 Å². The molecule has 0 radical (unpaired) electrons. The summed E-state index contributed by atoms with van der Waals surface area (Å²) in [5.41, 5.74) is -0.261. The van der Waals surface area contributed by atoms with E-state index in [2.05, 4.69) is 15.9 Å². The second-order valence-electron chi connectivity index (χ2n) is 3.83. The zero-order valence-corrected chi connectivity index (χ0v) is 11.1. The van der Waals surface area contributed by atoms with E-state index in [1.165, 1.54) is 12.1 Å². The topological polar surface area (TPSA) is 30.2 Å². The Morgan fingerprint density at radius 2 is 2.00 bits per heavy atom. The van der Waals surface area contributed by atoms with Gasteiger partial charge < -0.3 is 4.42 Å². The van der Waals surface area contributed by atoms with Gasteiger partial charge in [0.25, 0.3) is 0 Å². The molecule has 1 aromatic carbocycles. The summed E-state index contributed by atoms with van der Waals surface area (Å²) >= 11 is 2.95. The van der Waals surface area contributed by atoms with Crippen molar-refractivity contribution in [2.24, 2.45) is 0 Å². The van der Waals surface area contributed by atoms with Crippen molar-refractivity contribution in [3.63, 3.8) is 0 Å². The summed E-state index contributed by atoms with van der Waals surface area (Å²) in [5, 5.41) is 0. The van der Waals surface area contributed by atoms with E-state index < -0.39 is 17.4 Å². The number of benzene rings is 1. The van der Waals surface area contributed by atoms with Gasteiger partial charge in [-0.25, -0.2) is 8.78 Å². The van der Waals surface area contributed by atoms with Crippen molar-refractivity contribution in [1.82, 2.24) is 0 Å². The Labute approximate surface area is 111 Å². The van der Waals surface area contributed by atoms with Gasteiger partial charge in [0.05, 0.1) is 4.47 Å². The summed E-state index contributed by atoms with van der Waals surface area (Å²) in [5.74, 6) is -1.28. The molecule has 0 fully saturated rings. The number of halogens is 3. The Kier molecular flexibility index (Phi) is 3.61. The molecule has 0 N–H and O–H groups in total. The van der Waals surface area contributed by atoms with E-state index in [0.29, 0.717) is 5.76 Å². The van der Waals surface area contributed by atoms with Crippen LogP contribution in [0.5, 0.6) is 0 Å². The molecule has 1 aromatic heterocycles. The maximum Gasteiger partial charge on any atom is 0.202 e. The lowest BCUT2D eigenvalue weighted by Crippen LogP contribution is -2.07. The second kappa shape index (κ2) is 5.02. The van der Waals surface area contributed by atoms with E-state index in [9.17, 15) is 13.6 Å². The van der Waals surface area contributed by atoms with E-state index in [1.807, 2.05) is 0 Å². The van der Waals surface area contributed by atoms with Crippen LogP contribution in [0.25, 0.3) is 0 Å². The highest BCUT2D eigenvalue weighted by atomic mass is 79.9. The van der Waals surface area contributed by atoms with Crippen LogP contribution in [0.2, 0.25) is 0 Å². The molecule has 2 aromatic rings. The van der Waals surface area contributed by atoms with Crippen LogP contribution < -0.4 is 0 Å². The van der Waals surface area contributed by atoms with E-state index in [-0.39, 0.29) is 22.2 Å². The van der Waals surface area contributed by atoms with Crippen LogP contribution in [-0.2, 0) is 6.42 Å². The molecule has 0 amide bonds. The molecule has 0 aliphatic rings. The molecule has 2 nitrogen and oxygen atoms in total. The number of rotatable bonds is 3. The summed E-state index contributed by atoms with van der Waals surface area (Å²) in [4.78, 5) is 11.8. The van der Waals surface area contributed by atoms with Crippen molar-refractivity contribution in [2.45, 2.75) is 13.3 Å². The first-order valence-corrected chi connectivity index (χ1v) is 6.00. The normalized spacial score (nSPS) is 10.7. The zero-order chi connectivity index (χ0) is 13.3. The van der Waals surface area contributed by atoms with Gasteiger partial charge in [-0.1, -0.05) is 0 Å². The van der Waals surface area contributed by atoms with Crippen molar-refractivity contribution in [2.75, 3.05) is 0 Å². The maximum atomic E-state index is 13.7. The minimum Gasteiger partial charge on any atom is -0.458 e. The fourth-order valence-corrected chi connectivity index (χ4v) is 1.93. The summed E-state index contributed by atoms with van der Waals surface area (Å²) in [6, 6.07) is 5.49. The Balaban J connectivity index is 2.30. The summed E-state index contributed by atoms with van der Waals surface area (Å²) < 4.78 is 32.4. The van der Waals surface area contributed by atoms with Gasteiger partial charge in [0, 0.05) is 12.0 Å². The van der Waals surface area contributed by atoms with Gasteiger partial charge in [-0.2, -0.15) is 0 Å². The molecule has 0 bridgehead atoms. The van der Waals surface area contributed by atoms with Crippen LogP contribution in [0.3, 0.4) is 0 Å². The largest absolute Gasteiger partial charge is 0.458 e. The van der Waals surface area contributed by atoms with Gasteiger partial charge in [-0.15, -0.1) is 0 Å². The van der Waals surface area contributed by atoms with Crippen molar-refractivity contribution in [1.29, 1.82) is 0 Å². The quantitative estimate of drug-likeness (QED) is 0.632. The maximum absolute atomic E-state index is 13.7. The average molecular weight is 315 g/mol. The van der Waals surface area contributed by atoms with Crippen molar-refractivity contribution in [3.8, 4) is 0 Å². The lowest BCUT2D eigenvalue weighted by atomic mass is 10.1. The number of hydrogen-bond acceptors (Lipinski definition) is 2. The molecular weight excluding hydrogens is 306 g/mol. The molecule has 94 valence electrons. The SMILES string of the molecule is Cc1ccc(C(=O)Cc2c(F)ccc(Br)c2F)o1. The van der Waals surface area contributed by atoms with Gasteiger partial charge in [0.1, 0.15) is 17.4 Å². The fraction of sp³-hybridized carbons (Fsp3) is 0.154. The highest BCUT2D eigenvalue weighted by Crippen LogP contribution is 2.23. The van der Waals surface area contributed by atoms with E-state index in [4.69, 9.17) is 4.42 Å². The van der Waals surface area contributed by atoms with E-state index in [1.54, 1.807) is 13.0 Å². The number of furan rings is 1. The van der Waals surface area contributed by atoms with Gasteiger partial charge >= 0.3 is 0 Å². The minimum atomic E-state index is -0.758. The molecule has 1 heterocycles. The predicted octanol–water partition coefficient (Wildman–Crippen LogP) is 4.05. The number of carbonyl (C=O) groups is 1. The molecule has 0 aliphatic carbocycles. The fourth-order valence-electron chi connectivity index (χ4n) is 1.56. The number of hydrogen-bond donors (Lipinski definition) is 0. The molecule has 18 heavy (non-hydrogen) atoms. The van der Waals surface area contributed by atoms with Crippen molar-refractivity contribution < 1.29 is 18.0 Å². The molecule has 0 saturated carbocycles. The highest BCUT2D eigenvalue weighted by Gasteiger charge is 2.18. The Morgan fingerprint density at radius 3 is 2.61 bits per heavy atom. The lowest BCUT2D eigenvalue weighted by molar-refractivity contribution is 0.0962. The summed E-state index contributed by atoms with van der Waals surface area (Å²) in [6.07, 6.45) is -0.371. The Hall–Kier alpha value is -1.49. The molecule has 0 aliphatic heterocycles. The highest BCUT2D eigenvalue weighted by molar-refractivity contribution is 9.10. The lowest BCUT2D eigenvalue weighted by Gasteiger charge is -2.04. The van der Waals surface area contributed by atoms with Gasteiger partial charge in [-0.05, 0) is 47.1 Å². The Morgan fingerprint density at radius 1 is 1.28 bits per heavy atom. The summed E-state index contributed by atoms with van der Waals surface area (Å²) in [7, 11) is 0.